The number of amides is 1. The molecule has 0 aromatic heterocycles. The SMILES string of the molecule is CC(C)(OC(N)=O)Pc1ccccc1. The van der Waals surface area contributed by atoms with E-state index in [-0.39, 0.29) is 0 Å². The predicted octanol–water partition coefficient (Wildman–Crippen LogP) is 1.82. The molecular formula is C10H14NO2P. The fraction of sp³-hybridized carbons (Fsp3) is 0.300. The summed E-state index contributed by atoms with van der Waals surface area (Å²) in [4.78, 5) is 10.6. The van der Waals surface area contributed by atoms with Gasteiger partial charge >= 0.3 is 6.09 Å². The first-order valence-corrected chi connectivity index (χ1v) is 5.31. The quantitative estimate of drug-likeness (QED) is 0.775. The summed E-state index contributed by atoms with van der Waals surface area (Å²) in [6.07, 6.45) is -0.724. The molecule has 4 heteroatoms. The van der Waals surface area contributed by atoms with Gasteiger partial charge in [-0.3, -0.25) is 0 Å². The third kappa shape index (κ3) is 3.75. The van der Waals surface area contributed by atoms with Gasteiger partial charge < -0.3 is 10.5 Å². The summed E-state index contributed by atoms with van der Waals surface area (Å²) in [6.45, 7) is 3.70. The van der Waals surface area contributed by atoms with Crippen molar-refractivity contribution in [3.8, 4) is 0 Å². The van der Waals surface area contributed by atoms with E-state index in [0.29, 0.717) is 8.58 Å². The van der Waals surface area contributed by atoms with E-state index in [4.69, 9.17) is 10.5 Å². The first kappa shape index (κ1) is 11.0. The Morgan fingerprint density at radius 2 is 1.93 bits per heavy atom. The molecular weight excluding hydrogens is 197 g/mol. The molecule has 2 N–H and O–H groups in total. The van der Waals surface area contributed by atoms with Gasteiger partial charge in [0.25, 0.3) is 0 Å². The van der Waals surface area contributed by atoms with E-state index >= 15 is 0 Å². The standard InChI is InChI=1S/C10H14NO2P/c1-10(2,13-9(11)12)14-8-6-4-3-5-7-8/h3-7,14H,1-2H3,(H2,11,12). The van der Waals surface area contributed by atoms with Crippen LogP contribution in [-0.2, 0) is 4.74 Å². The normalized spacial score (nSPS) is 11.9. The van der Waals surface area contributed by atoms with E-state index in [1.54, 1.807) is 0 Å². The van der Waals surface area contributed by atoms with Gasteiger partial charge in [0, 0.05) is 0 Å². The Bertz CT molecular complexity index is 311. The van der Waals surface area contributed by atoms with Gasteiger partial charge in [0.05, 0.1) is 0 Å². The van der Waals surface area contributed by atoms with Gasteiger partial charge in [-0.1, -0.05) is 30.3 Å². The summed E-state index contributed by atoms with van der Waals surface area (Å²) in [7, 11) is 0.401. The van der Waals surface area contributed by atoms with Crippen LogP contribution in [0.25, 0.3) is 0 Å². The van der Waals surface area contributed by atoms with Gasteiger partial charge in [0.1, 0.15) is 5.34 Å². The third-order valence-corrected chi connectivity index (χ3v) is 2.90. The highest BCUT2D eigenvalue weighted by Crippen LogP contribution is 2.31. The van der Waals surface area contributed by atoms with Gasteiger partial charge in [-0.2, -0.15) is 0 Å². The van der Waals surface area contributed by atoms with Crippen LogP contribution >= 0.6 is 8.58 Å². The molecule has 1 rings (SSSR count). The van der Waals surface area contributed by atoms with Crippen molar-refractivity contribution in [3.63, 3.8) is 0 Å². The Hall–Kier alpha value is -1.08. The Kier molecular flexibility index (Phi) is 3.48. The molecule has 76 valence electrons. The largest absolute Gasteiger partial charge is 0.439 e. The van der Waals surface area contributed by atoms with Crippen molar-refractivity contribution in [1.82, 2.24) is 0 Å². The van der Waals surface area contributed by atoms with Crippen LogP contribution in [0.15, 0.2) is 30.3 Å². The number of rotatable bonds is 3. The second-order valence-corrected chi connectivity index (χ2v) is 5.45. The van der Waals surface area contributed by atoms with E-state index in [0.717, 1.165) is 5.30 Å². The minimum Gasteiger partial charge on any atom is -0.439 e. The molecule has 1 aromatic carbocycles. The maximum absolute atomic E-state index is 10.6. The number of carbonyl (C=O) groups is 1. The molecule has 0 aliphatic rings. The molecule has 0 bridgehead atoms. The molecule has 0 aliphatic heterocycles. The Morgan fingerprint density at radius 3 is 2.43 bits per heavy atom. The molecule has 3 nitrogen and oxygen atoms in total. The highest BCUT2D eigenvalue weighted by Gasteiger charge is 2.21. The molecule has 0 aliphatic carbocycles. The summed E-state index contributed by atoms with van der Waals surface area (Å²) in [5, 5.41) is 0.631. The average molecular weight is 211 g/mol. The zero-order chi connectivity index (χ0) is 10.6. The monoisotopic (exact) mass is 211 g/mol. The number of hydrogen-bond donors (Lipinski definition) is 1. The Morgan fingerprint density at radius 1 is 1.36 bits per heavy atom. The number of benzene rings is 1. The number of primary amides is 1. The lowest BCUT2D eigenvalue weighted by Crippen LogP contribution is -2.28. The summed E-state index contributed by atoms with van der Waals surface area (Å²) in [6, 6.07) is 9.89. The predicted molar refractivity (Wildman–Crippen MR) is 59.1 cm³/mol. The minimum absolute atomic E-state index is 0.401. The summed E-state index contributed by atoms with van der Waals surface area (Å²) >= 11 is 0. The zero-order valence-electron chi connectivity index (χ0n) is 8.28. The Balaban J connectivity index is 2.63. The van der Waals surface area contributed by atoms with Crippen LogP contribution in [-0.4, -0.2) is 11.4 Å². The van der Waals surface area contributed by atoms with Crippen LogP contribution in [0.1, 0.15) is 13.8 Å². The topological polar surface area (TPSA) is 52.3 Å². The smallest absolute Gasteiger partial charge is 0.405 e. The van der Waals surface area contributed by atoms with Crippen LogP contribution in [0.3, 0.4) is 0 Å². The molecule has 1 atom stereocenters. The van der Waals surface area contributed by atoms with Gasteiger partial charge in [0.2, 0.25) is 0 Å². The molecule has 1 unspecified atom stereocenters. The summed E-state index contributed by atoms with van der Waals surface area (Å²) in [5.74, 6) is 0. The van der Waals surface area contributed by atoms with Crippen molar-refractivity contribution >= 4 is 20.0 Å². The van der Waals surface area contributed by atoms with Crippen LogP contribution in [0.4, 0.5) is 4.79 Å². The van der Waals surface area contributed by atoms with E-state index in [1.165, 1.54) is 0 Å². The van der Waals surface area contributed by atoms with E-state index < -0.39 is 11.4 Å². The van der Waals surface area contributed by atoms with Crippen molar-refractivity contribution in [1.29, 1.82) is 0 Å². The van der Waals surface area contributed by atoms with Crippen LogP contribution < -0.4 is 11.0 Å². The zero-order valence-corrected chi connectivity index (χ0v) is 9.28. The highest BCUT2D eigenvalue weighted by molar-refractivity contribution is 7.48. The Labute approximate surface area is 85.4 Å². The molecule has 1 aromatic rings. The number of ether oxygens (including phenoxy) is 1. The van der Waals surface area contributed by atoms with Gasteiger partial charge in [-0.05, 0) is 27.7 Å². The number of nitrogens with two attached hydrogens (primary N) is 1. The first-order valence-electron chi connectivity index (χ1n) is 4.31. The lowest BCUT2D eigenvalue weighted by atomic mass is 10.4. The van der Waals surface area contributed by atoms with Crippen molar-refractivity contribution in [2.24, 2.45) is 5.73 Å². The molecule has 0 fully saturated rings. The van der Waals surface area contributed by atoms with E-state index in [1.807, 2.05) is 44.2 Å². The van der Waals surface area contributed by atoms with Crippen molar-refractivity contribution in [3.05, 3.63) is 30.3 Å². The van der Waals surface area contributed by atoms with Gasteiger partial charge in [0.15, 0.2) is 0 Å². The maximum Gasteiger partial charge on any atom is 0.405 e. The maximum atomic E-state index is 10.6. The fourth-order valence-electron chi connectivity index (χ4n) is 1.15. The first-order chi connectivity index (χ1) is 6.49. The molecule has 0 saturated carbocycles. The minimum atomic E-state index is -0.724. The lowest BCUT2D eigenvalue weighted by molar-refractivity contribution is 0.105. The number of carbonyl (C=O) groups excluding carboxylic acids is 1. The van der Waals surface area contributed by atoms with Gasteiger partial charge in [-0.25, -0.2) is 4.79 Å². The molecule has 14 heavy (non-hydrogen) atoms. The molecule has 0 radical (unpaired) electrons. The van der Waals surface area contributed by atoms with Crippen LogP contribution in [0, 0.1) is 0 Å². The second-order valence-electron chi connectivity index (χ2n) is 3.42. The van der Waals surface area contributed by atoms with Crippen LogP contribution in [0.2, 0.25) is 0 Å². The van der Waals surface area contributed by atoms with Crippen LogP contribution in [0.5, 0.6) is 0 Å². The van der Waals surface area contributed by atoms with E-state index in [9.17, 15) is 4.79 Å². The fourth-order valence-corrected chi connectivity index (χ4v) is 2.35. The molecule has 1 amide bonds. The van der Waals surface area contributed by atoms with E-state index in [2.05, 4.69) is 0 Å². The number of hydrogen-bond acceptors (Lipinski definition) is 2. The lowest BCUT2D eigenvalue weighted by Gasteiger charge is -2.23. The second kappa shape index (κ2) is 4.43. The molecule has 0 saturated heterocycles. The highest BCUT2D eigenvalue weighted by atomic mass is 31.1. The van der Waals surface area contributed by atoms with Gasteiger partial charge in [-0.15, -0.1) is 0 Å². The summed E-state index contributed by atoms with van der Waals surface area (Å²) < 4.78 is 4.99. The molecule has 0 heterocycles. The third-order valence-electron chi connectivity index (χ3n) is 1.57. The van der Waals surface area contributed by atoms with Crippen molar-refractivity contribution < 1.29 is 9.53 Å². The molecule has 0 spiro atoms. The van der Waals surface area contributed by atoms with Crippen molar-refractivity contribution in [2.45, 2.75) is 19.2 Å². The van der Waals surface area contributed by atoms with Crippen molar-refractivity contribution in [2.75, 3.05) is 0 Å². The average Bonchev–Trinajstić information content (AvgIpc) is 2.02. The summed E-state index contributed by atoms with van der Waals surface area (Å²) in [5.41, 5.74) is 4.98.